The van der Waals surface area contributed by atoms with Crippen molar-refractivity contribution in [2.24, 2.45) is 11.7 Å². The first kappa shape index (κ1) is 23.6. The van der Waals surface area contributed by atoms with Crippen LogP contribution in [0, 0.1) is 5.92 Å². The number of carbonyl (C=O) groups excluding carboxylic acids is 1. The van der Waals surface area contributed by atoms with E-state index in [0.717, 1.165) is 24.6 Å². The summed E-state index contributed by atoms with van der Waals surface area (Å²) in [6, 6.07) is 9.63. The minimum atomic E-state index is -5.08. The number of nitrogens with two attached hydrogens (primary N) is 1. The van der Waals surface area contributed by atoms with Gasteiger partial charge in [-0.1, -0.05) is 26.0 Å². The van der Waals surface area contributed by atoms with Crippen molar-refractivity contribution in [3.05, 3.63) is 46.2 Å². The van der Waals surface area contributed by atoms with E-state index in [-0.39, 0.29) is 5.91 Å². The van der Waals surface area contributed by atoms with Crippen LogP contribution in [0.15, 0.2) is 35.7 Å². The molecule has 154 valence electrons. The zero-order chi connectivity index (χ0) is 21.3. The predicted molar refractivity (Wildman–Crippen MR) is 103 cm³/mol. The second-order valence-corrected chi connectivity index (χ2v) is 7.40. The molecule has 0 aliphatic carbocycles. The van der Waals surface area contributed by atoms with Crippen molar-refractivity contribution < 1.29 is 27.9 Å². The maximum absolute atomic E-state index is 11.1. The Hall–Kier alpha value is -2.39. The molecule has 2 rings (SSSR count). The lowest BCUT2D eigenvalue weighted by Gasteiger charge is -2.05. The Labute approximate surface area is 165 Å². The van der Waals surface area contributed by atoms with Gasteiger partial charge in [-0.15, -0.1) is 11.3 Å². The first-order valence-corrected chi connectivity index (χ1v) is 9.37. The molecule has 0 aliphatic heterocycles. The number of carbonyl (C=O) groups is 2. The molecule has 0 radical (unpaired) electrons. The SMILES string of the molecule is CC(C)CCNCc1cc(-c2ccc(C(N)=O)cc2)cs1.O=C(O)C(F)(F)F. The molecule has 0 saturated heterocycles. The number of aliphatic carboxylic acids is 1. The number of alkyl halides is 3. The molecule has 0 saturated carbocycles. The fourth-order valence-electron chi connectivity index (χ4n) is 2.05. The number of thiophene rings is 1. The lowest BCUT2D eigenvalue weighted by Crippen LogP contribution is -2.21. The van der Waals surface area contributed by atoms with Crippen molar-refractivity contribution in [2.45, 2.75) is 33.0 Å². The summed E-state index contributed by atoms with van der Waals surface area (Å²) in [7, 11) is 0. The maximum Gasteiger partial charge on any atom is 0.490 e. The number of primary amides is 1. The summed E-state index contributed by atoms with van der Waals surface area (Å²) in [4.78, 5) is 21.3. The van der Waals surface area contributed by atoms with Crippen LogP contribution >= 0.6 is 11.3 Å². The summed E-state index contributed by atoms with van der Waals surface area (Å²) in [5.41, 5.74) is 8.10. The number of carboxylic acids is 1. The number of nitrogens with one attached hydrogen (secondary N) is 1. The Morgan fingerprint density at radius 3 is 2.21 bits per heavy atom. The van der Waals surface area contributed by atoms with E-state index in [4.69, 9.17) is 15.6 Å². The second kappa shape index (κ2) is 10.8. The first-order chi connectivity index (χ1) is 13.0. The Morgan fingerprint density at radius 2 is 1.75 bits per heavy atom. The normalized spacial score (nSPS) is 11.1. The second-order valence-electron chi connectivity index (χ2n) is 6.41. The molecule has 28 heavy (non-hydrogen) atoms. The predicted octanol–water partition coefficient (Wildman–Crippen LogP) is 4.28. The van der Waals surface area contributed by atoms with Crippen LogP contribution in [-0.2, 0) is 11.3 Å². The molecule has 1 aromatic heterocycles. The van der Waals surface area contributed by atoms with Crippen LogP contribution in [0.2, 0.25) is 0 Å². The Bertz CT molecular complexity index is 771. The van der Waals surface area contributed by atoms with E-state index >= 15 is 0 Å². The van der Waals surface area contributed by atoms with E-state index < -0.39 is 12.1 Å². The molecule has 5 nitrogen and oxygen atoms in total. The average molecular weight is 416 g/mol. The smallest absolute Gasteiger partial charge is 0.475 e. The van der Waals surface area contributed by atoms with Crippen LogP contribution in [0.4, 0.5) is 13.2 Å². The third kappa shape index (κ3) is 8.53. The van der Waals surface area contributed by atoms with Crippen molar-refractivity contribution in [2.75, 3.05) is 6.54 Å². The molecule has 1 amide bonds. The molecule has 1 heterocycles. The number of hydrogen-bond acceptors (Lipinski definition) is 4. The van der Waals surface area contributed by atoms with Gasteiger partial charge in [0.15, 0.2) is 0 Å². The van der Waals surface area contributed by atoms with E-state index in [0.29, 0.717) is 5.56 Å². The molecule has 0 atom stereocenters. The van der Waals surface area contributed by atoms with Gasteiger partial charge in [-0.2, -0.15) is 13.2 Å². The lowest BCUT2D eigenvalue weighted by atomic mass is 10.1. The van der Waals surface area contributed by atoms with Crippen LogP contribution in [0.25, 0.3) is 11.1 Å². The summed E-state index contributed by atoms with van der Waals surface area (Å²) in [5, 5.41) is 12.7. The highest BCUT2D eigenvalue weighted by molar-refractivity contribution is 7.10. The molecular formula is C19H23F3N2O3S. The van der Waals surface area contributed by atoms with E-state index in [9.17, 15) is 18.0 Å². The van der Waals surface area contributed by atoms with Crippen LogP contribution in [0.3, 0.4) is 0 Å². The monoisotopic (exact) mass is 416 g/mol. The van der Waals surface area contributed by atoms with Gasteiger partial charge in [0.2, 0.25) is 5.91 Å². The van der Waals surface area contributed by atoms with Crippen molar-refractivity contribution >= 4 is 23.2 Å². The minimum Gasteiger partial charge on any atom is -0.475 e. The van der Waals surface area contributed by atoms with E-state index in [2.05, 4.69) is 30.6 Å². The highest BCUT2D eigenvalue weighted by atomic mass is 32.1. The summed E-state index contributed by atoms with van der Waals surface area (Å²) < 4.78 is 31.7. The largest absolute Gasteiger partial charge is 0.490 e. The van der Waals surface area contributed by atoms with Gasteiger partial charge in [-0.05, 0) is 53.6 Å². The van der Waals surface area contributed by atoms with Gasteiger partial charge in [0, 0.05) is 17.0 Å². The van der Waals surface area contributed by atoms with Crippen molar-refractivity contribution in [3.8, 4) is 11.1 Å². The molecule has 9 heteroatoms. The number of halogens is 3. The van der Waals surface area contributed by atoms with Crippen molar-refractivity contribution in [1.29, 1.82) is 0 Å². The van der Waals surface area contributed by atoms with Gasteiger partial charge in [-0.25, -0.2) is 4.79 Å². The third-order valence-electron chi connectivity index (χ3n) is 3.60. The molecule has 0 bridgehead atoms. The first-order valence-electron chi connectivity index (χ1n) is 8.49. The minimum absolute atomic E-state index is 0.387. The maximum atomic E-state index is 11.1. The fraction of sp³-hybridized carbons (Fsp3) is 0.368. The van der Waals surface area contributed by atoms with Crippen molar-refractivity contribution in [3.63, 3.8) is 0 Å². The van der Waals surface area contributed by atoms with Gasteiger partial charge in [-0.3, -0.25) is 4.79 Å². The number of amides is 1. The van der Waals surface area contributed by atoms with E-state index in [1.54, 1.807) is 23.5 Å². The van der Waals surface area contributed by atoms with Gasteiger partial charge in [0.25, 0.3) is 0 Å². The topological polar surface area (TPSA) is 92.4 Å². The summed E-state index contributed by atoms with van der Waals surface area (Å²) in [5.74, 6) is -2.41. The summed E-state index contributed by atoms with van der Waals surface area (Å²) in [6.45, 7) is 6.44. The fourth-order valence-corrected chi connectivity index (χ4v) is 2.92. The van der Waals surface area contributed by atoms with E-state index in [1.807, 2.05) is 12.1 Å². The molecular weight excluding hydrogens is 393 g/mol. The average Bonchev–Trinajstić information content (AvgIpc) is 3.07. The molecule has 0 aliphatic rings. The zero-order valence-corrected chi connectivity index (χ0v) is 16.4. The zero-order valence-electron chi connectivity index (χ0n) is 15.5. The molecule has 0 fully saturated rings. The van der Waals surface area contributed by atoms with Gasteiger partial charge < -0.3 is 16.2 Å². The standard InChI is InChI=1S/C17H22N2OS.C2HF3O2/c1-12(2)7-8-19-10-16-9-15(11-21-16)13-3-5-14(6-4-13)17(18)20;3-2(4,5)1(6)7/h3-6,9,11-12,19H,7-8,10H2,1-2H3,(H2,18,20);(H,6,7). The summed E-state index contributed by atoms with van der Waals surface area (Å²) >= 11 is 1.76. The highest BCUT2D eigenvalue weighted by Gasteiger charge is 2.38. The van der Waals surface area contributed by atoms with Crippen LogP contribution in [0.1, 0.15) is 35.5 Å². The van der Waals surface area contributed by atoms with Gasteiger partial charge >= 0.3 is 12.1 Å². The molecule has 1 aromatic carbocycles. The Kier molecular flexibility index (Phi) is 9.14. The molecule has 4 N–H and O–H groups in total. The third-order valence-corrected chi connectivity index (χ3v) is 4.53. The van der Waals surface area contributed by atoms with E-state index in [1.165, 1.54) is 16.9 Å². The number of carboxylic acid groups (broad SMARTS) is 1. The summed E-state index contributed by atoms with van der Waals surface area (Å²) in [6.07, 6.45) is -3.88. The number of benzene rings is 1. The van der Waals surface area contributed by atoms with Crippen LogP contribution < -0.4 is 11.1 Å². The number of hydrogen-bond donors (Lipinski definition) is 3. The van der Waals surface area contributed by atoms with Gasteiger partial charge in [0.1, 0.15) is 0 Å². The quantitative estimate of drug-likeness (QED) is 0.588. The Morgan fingerprint density at radius 1 is 1.18 bits per heavy atom. The van der Waals surface area contributed by atoms with Crippen LogP contribution in [-0.4, -0.2) is 29.7 Å². The molecule has 2 aromatic rings. The van der Waals surface area contributed by atoms with Crippen LogP contribution in [0.5, 0.6) is 0 Å². The highest BCUT2D eigenvalue weighted by Crippen LogP contribution is 2.26. The molecule has 0 unspecified atom stereocenters. The number of rotatable bonds is 7. The molecule has 0 spiro atoms. The lowest BCUT2D eigenvalue weighted by molar-refractivity contribution is -0.192. The van der Waals surface area contributed by atoms with Gasteiger partial charge in [0.05, 0.1) is 0 Å². The Balaban J connectivity index is 0.000000480. The van der Waals surface area contributed by atoms with Crippen molar-refractivity contribution in [1.82, 2.24) is 5.32 Å².